The average Bonchev–Trinajstić information content (AvgIpc) is 2.42. The van der Waals surface area contributed by atoms with Crippen molar-refractivity contribution >= 4 is 23.2 Å². The van der Waals surface area contributed by atoms with Crippen LogP contribution in [0.3, 0.4) is 0 Å². The van der Waals surface area contributed by atoms with Gasteiger partial charge in [0.1, 0.15) is 11.5 Å². The van der Waals surface area contributed by atoms with Gasteiger partial charge in [0.15, 0.2) is 0 Å². The van der Waals surface area contributed by atoms with Gasteiger partial charge in [-0.25, -0.2) is 0 Å². The molecule has 5 heteroatoms. The summed E-state index contributed by atoms with van der Waals surface area (Å²) >= 11 is 5.78. The van der Waals surface area contributed by atoms with Crippen molar-refractivity contribution in [1.82, 2.24) is 0 Å². The molecule has 4 nitrogen and oxygen atoms in total. The summed E-state index contributed by atoms with van der Waals surface area (Å²) in [5, 5.41) is 12.2. The van der Waals surface area contributed by atoms with Crippen molar-refractivity contribution in [3.8, 4) is 11.5 Å². The maximum absolute atomic E-state index is 12.1. The minimum absolute atomic E-state index is 0.0523. The van der Waals surface area contributed by atoms with E-state index in [1.807, 2.05) is 13.0 Å². The third-order valence-electron chi connectivity index (χ3n) is 2.86. The van der Waals surface area contributed by atoms with Crippen molar-refractivity contribution in [3.63, 3.8) is 0 Å². The average molecular weight is 292 g/mol. The number of rotatable bonds is 3. The summed E-state index contributed by atoms with van der Waals surface area (Å²) in [7, 11) is 1.60. The van der Waals surface area contributed by atoms with Crippen LogP contribution in [0.15, 0.2) is 36.4 Å². The molecule has 0 spiro atoms. The predicted octanol–water partition coefficient (Wildman–Crippen LogP) is 3.61. The first kappa shape index (κ1) is 14.2. The van der Waals surface area contributed by atoms with Crippen molar-refractivity contribution in [2.45, 2.75) is 6.92 Å². The van der Waals surface area contributed by atoms with Crippen molar-refractivity contribution in [1.29, 1.82) is 0 Å². The van der Waals surface area contributed by atoms with E-state index in [1.165, 1.54) is 18.2 Å². The molecule has 0 aliphatic heterocycles. The molecule has 0 aliphatic carbocycles. The summed E-state index contributed by atoms with van der Waals surface area (Å²) in [5.41, 5.74) is 1.97. The maximum atomic E-state index is 12.1. The van der Waals surface area contributed by atoms with Crippen molar-refractivity contribution < 1.29 is 14.6 Å². The number of anilines is 1. The van der Waals surface area contributed by atoms with Gasteiger partial charge in [0, 0.05) is 11.3 Å². The third kappa shape index (κ3) is 3.03. The zero-order valence-corrected chi connectivity index (χ0v) is 11.9. The first-order valence-corrected chi connectivity index (χ1v) is 6.33. The number of hydrogen-bond acceptors (Lipinski definition) is 3. The van der Waals surface area contributed by atoms with Crippen LogP contribution in [0.2, 0.25) is 5.02 Å². The van der Waals surface area contributed by atoms with Crippen molar-refractivity contribution in [3.05, 3.63) is 52.5 Å². The molecule has 2 rings (SSSR count). The molecule has 2 aromatic rings. The standard InChI is InChI=1S/C15H14ClNO3/c1-9-7-11(4-6-14(9)20-2)17-15(19)10-3-5-13(18)12(16)8-10/h3-8,18H,1-2H3,(H,17,19). The Bertz CT molecular complexity index is 656. The first-order chi connectivity index (χ1) is 9.51. The van der Waals surface area contributed by atoms with E-state index in [9.17, 15) is 9.90 Å². The molecule has 0 fully saturated rings. The topological polar surface area (TPSA) is 58.6 Å². The fourth-order valence-corrected chi connectivity index (χ4v) is 1.99. The summed E-state index contributed by atoms with van der Waals surface area (Å²) in [6.45, 7) is 1.89. The fraction of sp³-hybridized carbons (Fsp3) is 0.133. The van der Waals surface area contributed by atoms with Crippen LogP contribution < -0.4 is 10.1 Å². The quantitative estimate of drug-likeness (QED) is 0.908. The van der Waals surface area contributed by atoms with Gasteiger partial charge >= 0.3 is 0 Å². The van der Waals surface area contributed by atoms with E-state index >= 15 is 0 Å². The largest absolute Gasteiger partial charge is 0.506 e. The molecule has 0 bridgehead atoms. The number of aromatic hydroxyl groups is 1. The van der Waals surface area contributed by atoms with Gasteiger partial charge in [-0.05, 0) is 48.9 Å². The second-order valence-electron chi connectivity index (χ2n) is 4.30. The Balaban J connectivity index is 2.19. The number of phenols is 1. The van der Waals surface area contributed by atoms with Gasteiger partial charge in [0.05, 0.1) is 12.1 Å². The van der Waals surface area contributed by atoms with Gasteiger partial charge in [-0.2, -0.15) is 0 Å². The van der Waals surface area contributed by atoms with E-state index in [0.717, 1.165) is 11.3 Å². The number of amides is 1. The number of nitrogens with one attached hydrogen (secondary N) is 1. The molecule has 0 saturated heterocycles. The summed E-state index contributed by atoms with van der Waals surface area (Å²) in [6.07, 6.45) is 0. The summed E-state index contributed by atoms with van der Waals surface area (Å²) in [6, 6.07) is 9.67. The molecule has 0 heterocycles. The van der Waals surface area contributed by atoms with Gasteiger partial charge in [-0.3, -0.25) is 4.79 Å². The van der Waals surface area contributed by atoms with Crippen LogP contribution in [-0.4, -0.2) is 18.1 Å². The molecule has 0 aromatic heterocycles. The van der Waals surface area contributed by atoms with Crippen LogP contribution in [-0.2, 0) is 0 Å². The number of aryl methyl sites for hydroxylation is 1. The van der Waals surface area contributed by atoms with Gasteiger partial charge < -0.3 is 15.2 Å². The van der Waals surface area contributed by atoms with E-state index in [1.54, 1.807) is 19.2 Å². The summed E-state index contributed by atoms with van der Waals surface area (Å²) < 4.78 is 5.16. The number of carbonyl (C=O) groups excluding carboxylic acids is 1. The molecular formula is C15H14ClNO3. The molecule has 2 aromatic carbocycles. The minimum atomic E-state index is -0.295. The Morgan fingerprint density at radius 2 is 2.00 bits per heavy atom. The van der Waals surface area contributed by atoms with E-state index in [0.29, 0.717) is 11.3 Å². The highest BCUT2D eigenvalue weighted by molar-refractivity contribution is 6.32. The van der Waals surface area contributed by atoms with Gasteiger partial charge in [0.25, 0.3) is 5.91 Å². The first-order valence-electron chi connectivity index (χ1n) is 5.96. The Morgan fingerprint density at radius 1 is 1.25 bits per heavy atom. The Labute approximate surface area is 122 Å². The van der Waals surface area contributed by atoms with Crippen LogP contribution in [0.1, 0.15) is 15.9 Å². The fourth-order valence-electron chi connectivity index (χ4n) is 1.81. The lowest BCUT2D eigenvalue weighted by Gasteiger charge is -2.09. The van der Waals surface area contributed by atoms with E-state index in [2.05, 4.69) is 5.32 Å². The molecule has 0 saturated carbocycles. The molecule has 0 unspecified atom stereocenters. The zero-order valence-electron chi connectivity index (χ0n) is 11.1. The number of phenolic OH excluding ortho intramolecular Hbond substituents is 1. The molecule has 2 N–H and O–H groups in total. The number of hydrogen-bond donors (Lipinski definition) is 2. The number of ether oxygens (including phenoxy) is 1. The number of carbonyl (C=O) groups is 1. The lowest BCUT2D eigenvalue weighted by atomic mass is 10.1. The molecule has 104 valence electrons. The number of halogens is 1. The highest BCUT2D eigenvalue weighted by Crippen LogP contribution is 2.25. The van der Waals surface area contributed by atoms with Crippen LogP contribution in [0, 0.1) is 6.92 Å². The number of benzene rings is 2. The van der Waals surface area contributed by atoms with Crippen LogP contribution in [0.4, 0.5) is 5.69 Å². The second-order valence-corrected chi connectivity index (χ2v) is 4.71. The highest BCUT2D eigenvalue weighted by Gasteiger charge is 2.09. The smallest absolute Gasteiger partial charge is 0.255 e. The van der Waals surface area contributed by atoms with Crippen molar-refractivity contribution in [2.75, 3.05) is 12.4 Å². The Kier molecular flexibility index (Phi) is 4.15. The van der Waals surface area contributed by atoms with Gasteiger partial charge in [0.2, 0.25) is 0 Å². The monoisotopic (exact) mass is 291 g/mol. The lowest BCUT2D eigenvalue weighted by molar-refractivity contribution is 0.102. The van der Waals surface area contributed by atoms with Crippen molar-refractivity contribution in [2.24, 2.45) is 0 Å². The predicted molar refractivity (Wildman–Crippen MR) is 78.8 cm³/mol. The number of methoxy groups -OCH3 is 1. The molecule has 0 aliphatic rings. The minimum Gasteiger partial charge on any atom is -0.506 e. The van der Waals surface area contributed by atoms with E-state index < -0.39 is 0 Å². The van der Waals surface area contributed by atoms with Crippen LogP contribution in [0.5, 0.6) is 11.5 Å². The van der Waals surface area contributed by atoms with Crippen LogP contribution >= 0.6 is 11.6 Å². The lowest BCUT2D eigenvalue weighted by Crippen LogP contribution is -2.11. The van der Waals surface area contributed by atoms with E-state index in [4.69, 9.17) is 16.3 Å². The van der Waals surface area contributed by atoms with E-state index in [-0.39, 0.29) is 16.7 Å². The second kappa shape index (κ2) is 5.84. The zero-order chi connectivity index (χ0) is 14.7. The molecule has 0 radical (unpaired) electrons. The highest BCUT2D eigenvalue weighted by atomic mass is 35.5. The summed E-state index contributed by atoms with van der Waals surface area (Å²) in [5.74, 6) is 0.413. The molecule has 1 amide bonds. The molecule has 0 atom stereocenters. The molecular weight excluding hydrogens is 278 g/mol. The normalized spacial score (nSPS) is 10.2. The maximum Gasteiger partial charge on any atom is 0.255 e. The Morgan fingerprint density at radius 3 is 2.60 bits per heavy atom. The summed E-state index contributed by atoms with van der Waals surface area (Å²) in [4.78, 5) is 12.1. The molecule has 20 heavy (non-hydrogen) atoms. The van der Waals surface area contributed by atoms with Gasteiger partial charge in [-0.15, -0.1) is 0 Å². The Hall–Kier alpha value is -2.20. The SMILES string of the molecule is COc1ccc(NC(=O)c2ccc(O)c(Cl)c2)cc1C. The third-order valence-corrected chi connectivity index (χ3v) is 3.17. The van der Waals surface area contributed by atoms with Gasteiger partial charge in [-0.1, -0.05) is 11.6 Å². The van der Waals surface area contributed by atoms with Crippen LogP contribution in [0.25, 0.3) is 0 Å².